The Kier molecular flexibility index (Phi) is 4.33. The quantitative estimate of drug-likeness (QED) is 0.600. The lowest BCUT2D eigenvalue weighted by Gasteiger charge is -2.10. The van der Waals surface area contributed by atoms with Crippen LogP contribution in [0.4, 0.5) is 0 Å². The number of hydrogen-bond donors (Lipinski definition) is 0. The number of ether oxygens (including phenoxy) is 1. The maximum absolute atomic E-state index is 11.7. The van der Waals surface area contributed by atoms with Crippen LogP contribution in [0.1, 0.15) is 34.0 Å². The minimum atomic E-state index is -0.488. The first-order valence-electron chi connectivity index (χ1n) is 4.91. The fourth-order valence-corrected chi connectivity index (χ4v) is 1.80. The van der Waals surface area contributed by atoms with Crippen LogP contribution in [0.5, 0.6) is 0 Å². The molecule has 0 saturated heterocycles. The number of aryl methyl sites for hydroxylation is 1. The van der Waals surface area contributed by atoms with Crippen molar-refractivity contribution in [1.29, 1.82) is 5.26 Å². The largest absolute Gasteiger partial charge is 0.462 e. The van der Waals surface area contributed by atoms with E-state index in [4.69, 9.17) is 21.6 Å². The second-order valence-electron chi connectivity index (χ2n) is 3.25. The van der Waals surface area contributed by atoms with E-state index in [1.54, 1.807) is 19.1 Å². The molecule has 0 radical (unpaired) electrons. The van der Waals surface area contributed by atoms with Gasteiger partial charge < -0.3 is 4.74 Å². The van der Waals surface area contributed by atoms with Crippen molar-refractivity contribution < 1.29 is 9.53 Å². The number of nitriles is 1. The highest BCUT2D eigenvalue weighted by Gasteiger charge is 2.18. The molecule has 1 aromatic rings. The molecule has 1 aromatic carbocycles. The number of carbonyl (C=O) groups is 1. The minimum absolute atomic E-state index is 0.190. The summed E-state index contributed by atoms with van der Waals surface area (Å²) in [6.07, 6.45) is 0. The Morgan fingerprint density at radius 3 is 2.75 bits per heavy atom. The van der Waals surface area contributed by atoms with Gasteiger partial charge >= 0.3 is 5.97 Å². The fraction of sp³-hybridized carbons (Fsp3) is 0.333. The molecule has 0 N–H and O–H groups in total. The number of hydrogen-bond acceptors (Lipinski definition) is 3. The summed E-state index contributed by atoms with van der Waals surface area (Å²) in [4.78, 5) is 11.7. The van der Waals surface area contributed by atoms with Crippen molar-refractivity contribution in [3.63, 3.8) is 0 Å². The fourth-order valence-electron chi connectivity index (χ4n) is 1.45. The van der Waals surface area contributed by atoms with Gasteiger partial charge in [-0.25, -0.2) is 4.79 Å². The van der Waals surface area contributed by atoms with Crippen LogP contribution < -0.4 is 0 Å². The molecule has 84 valence electrons. The molecule has 3 nitrogen and oxygen atoms in total. The number of carbonyl (C=O) groups excluding carboxylic acids is 1. The van der Waals surface area contributed by atoms with Gasteiger partial charge in [0.1, 0.15) is 6.07 Å². The molecule has 0 aromatic heterocycles. The lowest BCUT2D eigenvalue weighted by molar-refractivity contribution is 0.0525. The van der Waals surface area contributed by atoms with Crippen molar-refractivity contribution in [2.24, 2.45) is 0 Å². The summed E-state index contributed by atoms with van der Waals surface area (Å²) < 4.78 is 4.92. The Morgan fingerprint density at radius 1 is 1.56 bits per heavy atom. The lowest BCUT2D eigenvalue weighted by atomic mass is 9.98. The molecular weight excluding hydrogens is 226 g/mol. The van der Waals surface area contributed by atoms with Crippen molar-refractivity contribution in [3.8, 4) is 6.07 Å². The highest BCUT2D eigenvalue weighted by atomic mass is 35.5. The first-order chi connectivity index (χ1) is 7.65. The molecule has 1 rings (SSSR count). The van der Waals surface area contributed by atoms with Crippen molar-refractivity contribution in [3.05, 3.63) is 34.4 Å². The summed E-state index contributed by atoms with van der Waals surface area (Å²) in [5.41, 5.74) is 2.15. The first-order valence-corrected chi connectivity index (χ1v) is 5.44. The van der Waals surface area contributed by atoms with E-state index < -0.39 is 5.97 Å². The molecule has 0 aliphatic rings. The van der Waals surface area contributed by atoms with E-state index >= 15 is 0 Å². The molecule has 0 bridgehead atoms. The maximum Gasteiger partial charge on any atom is 0.339 e. The van der Waals surface area contributed by atoms with Crippen molar-refractivity contribution in [2.75, 3.05) is 6.61 Å². The summed E-state index contributed by atoms with van der Waals surface area (Å²) in [5.74, 6) is -0.298. The highest BCUT2D eigenvalue weighted by Crippen LogP contribution is 2.21. The molecule has 0 spiro atoms. The Morgan fingerprint density at radius 2 is 2.25 bits per heavy atom. The number of rotatable bonds is 3. The standard InChI is InChI=1S/C12H12ClNO2/c1-3-16-12(15)11-9(7-14)5-4-8(2)10(11)6-13/h4-5H,3,6H2,1-2H3. The number of nitrogens with zero attached hydrogens (tertiary/aromatic N) is 1. The molecule has 0 fully saturated rings. The zero-order valence-electron chi connectivity index (χ0n) is 9.21. The average molecular weight is 238 g/mol. The van der Waals surface area contributed by atoms with Gasteiger partial charge in [0.25, 0.3) is 0 Å². The Labute approximate surface area is 99.6 Å². The van der Waals surface area contributed by atoms with Gasteiger partial charge in [-0.3, -0.25) is 0 Å². The predicted octanol–water partition coefficient (Wildman–Crippen LogP) is 2.78. The van der Waals surface area contributed by atoms with E-state index in [2.05, 4.69) is 0 Å². The highest BCUT2D eigenvalue weighted by molar-refractivity contribution is 6.18. The number of benzene rings is 1. The molecule has 0 amide bonds. The normalized spacial score (nSPS) is 9.62. The summed E-state index contributed by atoms with van der Waals surface area (Å²) >= 11 is 5.79. The summed E-state index contributed by atoms with van der Waals surface area (Å²) in [6, 6.07) is 5.36. The molecule has 0 unspecified atom stereocenters. The molecule has 0 aliphatic carbocycles. The van der Waals surface area contributed by atoms with E-state index in [0.717, 1.165) is 5.56 Å². The van der Waals surface area contributed by atoms with Gasteiger partial charge in [-0.15, -0.1) is 11.6 Å². The molecule has 4 heteroatoms. The summed E-state index contributed by atoms with van der Waals surface area (Å²) in [7, 11) is 0. The third-order valence-corrected chi connectivity index (χ3v) is 2.55. The van der Waals surface area contributed by atoms with Crippen LogP contribution in [0.2, 0.25) is 0 Å². The van der Waals surface area contributed by atoms with Crippen LogP contribution in [-0.4, -0.2) is 12.6 Å². The van der Waals surface area contributed by atoms with Crippen molar-refractivity contribution in [1.82, 2.24) is 0 Å². The molecular formula is C12H12ClNO2. The van der Waals surface area contributed by atoms with Gasteiger partial charge in [0.15, 0.2) is 0 Å². The second-order valence-corrected chi connectivity index (χ2v) is 3.52. The third kappa shape index (κ3) is 2.34. The lowest BCUT2D eigenvalue weighted by Crippen LogP contribution is -2.11. The summed E-state index contributed by atoms with van der Waals surface area (Å²) in [5, 5.41) is 8.95. The smallest absolute Gasteiger partial charge is 0.339 e. The van der Waals surface area contributed by atoms with E-state index in [-0.39, 0.29) is 12.5 Å². The molecule has 16 heavy (non-hydrogen) atoms. The third-order valence-electron chi connectivity index (χ3n) is 2.28. The molecule has 0 heterocycles. The van der Waals surface area contributed by atoms with Crippen molar-refractivity contribution >= 4 is 17.6 Å². The number of alkyl halides is 1. The zero-order valence-corrected chi connectivity index (χ0v) is 9.97. The topological polar surface area (TPSA) is 50.1 Å². The SMILES string of the molecule is CCOC(=O)c1c(C#N)ccc(C)c1CCl. The average Bonchev–Trinajstić information content (AvgIpc) is 2.28. The molecule has 0 atom stereocenters. The van der Waals surface area contributed by atoms with Crippen molar-refractivity contribution in [2.45, 2.75) is 19.7 Å². The molecule has 0 aliphatic heterocycles. The van der Waals surface area contributed by atoms with Crippen LogP contribution >= 0.6 is 11.6 Å². The number of halogens is 1. The first kappa shape index (κ1) is 12.5. The van der Waals surface area contributed by atoms with Crippen LogP contribution in [0.25, 0.3) is 0 Å². The van der Waals surface area contributed by atoms with Crippen LogP contribution in [0.3, 0.4) is 0 Å². The molecule has 0 saturated carbocycles. The second kappa shape index (κ2) is 5.53. The minimum Gasteiger partial charge on any atom is -0.462 e. The number of esters is 1. The Bertz CT molecular complexity index is 449. The zero-order chi connectivity index (χ0) is 12.1. The van der Waals surface area contributed by atoms with Gasteiger partial charge in [-0.05, 0) is 31.0 Å². The van der Waals surface area contributed by atoms with Gasteiger partial charge in [-0.2, -0.15) is 5.26 Å². The maximum atomic E-state index is 11.7. The Balaban J connectivity index is 3.37. The van der Waals surface area contributed by atoms with E-state index in [0.29, 0.717) is 16.7 Å². The van der Waals surface area contributed by atoms with E-state index in [1.807, 2.05) is 13.0 Å². The van der Waals surface area contributed by atoms with Gasteiger partial charge in [0, 0.05) is 5.88 Å². The monoisotopic (exact) mass is 237 g/mol. The van der Waals surface area contributed by atoms with Gasteiger partial charge in [-0.1, -0.05) is 6.07 Å². The van der Waals surface area contributed by atoms with Crippen LogP contribution in [0.15, 0.2) is 12.1 Å². The summed E-state index contributed by atoms with van der Waals surface area (Å²) in [6.45, 7) is 3.85. The van der Waals surface area contributed by atoms with E-state index in [9.17, 15) is 4.79 Å². The van der Waals surface area contributed by atoms with E-state index in [1.165, 1.54) is 0 Å². The van der Waals surface area contributed by atoms with Gasteiger partial charge in [0.2, 0.25) is 0 Å². The van der Waals surface area contributed by atoms with Crippen LogP contribution in [0, 0.1) is 18.3 Å². The Hall–Kier alpha value is -1.53. The van der Waals surface area contributed by atoms with Gasteiger partial charge in [0.05, 0.1) is 17.7 Å². The predicted molar refractivity (Wildman–Crippen MR) is 61.4 cm³/mol. The van der Waals surface area contributed by atoms with Crippen LogP contribution in [-0.2, 0) is 10.6 Å².